The summed E-state index contributed by atoms with van der Waals surface area (Å²) in [5.41, 5.74) is 0.641. The first kappa shape index (κ1) is 10.7. The molecule has 0 radical (unpaired) electrons. The van der Waals surface area contributed by atoms with Gasteiger partial charge in [0.1, 0.15) is 11.5 Å². The second kappa shape index (κ2) is 3.77. The lowest BCUT2D eigenvalue weighted by molar-refractivity contribution is -0.153. The summed E-state index contributed by atoms with van der Waals surface area (Å²) in [4.78, 5) is 0. The Balaban J connectivity index is 2.68. The van der Waals surface area contributed by atoms with E-state index in [-0.39, 0.29) is 11.5 Å². The first-order chi connectivity index (χ1) is 6.37. The predicted molar refractivity (Wildman–Crippen MR) is 44.4 cm³/mol. The Kier molecular flexibility index (Phi) is 2.88. The van der Waals surface area contributed by atoms with Gasteiger partial charge in [0.2, 0.25) is 0 Å². The number of phenolic OH excluding ortho intramolecular Hbond substituents is 1. The van der Waals surface area contributed by atoms with Gasteiger partial charge in [-0.2, -0.15) is 13.2 Å². The Hall–Kier alpha value is -1.39. The fraction of sp³-hybridized carbons (Fsp3) is 0.333. The number of ether oxygens (including phenoxy) is 1. The van der Waals surface area contributed by atoms with Gasteiger partial charge in [0.05, 0.1) is 0 Å². The minimum Gasteiger partial charge on any atom is -0.508 e. The largest absolute Gasteiger partial charge is 0.508 e. The zero-order chi connectivity index (χ0) is 10.8. The molecular formula is C9H9F3O2. The van der Waals surface area contributed by atoms with Crippen molar-refractivity contribution in [2.24, 2.45) is 0 Å². The van der Waals surface area contributed by atoms with Gasteiger partial charge >= 0.3 is 6.18 Å². The number of hydrogen-bond acceptors (Lipinski definition) is 2. The molecule has 0 aliphatic carbocycles. The Morgan fingerprint density at radius 3 is 2.43 bits per heavy atom. The average Bonchev–Trinajstić information content (AvgIpc) is 1.97. The van der Waals surface area contributed by atoms with E-state index in [0.717, 1.165) is 6.07 Å². The smallest absolute Gasteiger partial charge is 0.422 e. The van der Waals surface area contributed by atoms with Crippen LogP contribution in [0.3, 0.4) is 0 Å². The maximum atomic E-state index is 11.8. The molecule has 1 rings (SSSR count). The average molecular weight is 206 g/mol. The van der Waals surface area contributed by atoms with Crippen molar-refractivity contribution in [3.05, 3.63) is 23.8 Å². The predicted octanol–water partition coefficient (Wildman–Crippen LogP) is 2.64. The molecule has 0 aromatic heterocycles. The van der Waals surface area contributed by atoms with E-state index in [1.54, 1.807) is 6.92 Å². The van der Waals surface area contributed by atoms with Crippen molar-refractivity contribution < 1.29 is 23.0 Å². The number of hydrogen-bond donors (Lipinski definition) is 1. The van der Waals surface area contributed by atoms with Crippen molar-refractivity contribution in [3.8, 4) is 11.5 Å². The molecule has 0 unspecified atom stereocenters. The van der Waals surface area contributed by atoms with Crippen LogP contribution in [0, 0.1) is 6.92 Å². The Labute approximate surface area is 78.9 Å². The van der Waals surface area contributed by atoms with Crippen LogP contribution in [-0.4, -0.2) is 17.9 Å². The standard InChI is InChI=1S/C9H9F3O2/c1-6-2-7(13)4-8(3-6)14-5-9(10,11)12/h2-4,13H,5H2,1H3. The summed E-state index contributed by atoms with van der Waals surface area (Å²) in [5, 5.41) is 9.06. The van der Waals surface area contributed by atoms with Gasteiger partial charge in [-0.25, -0.2) is 0 Å². The van der Waals surface area contributed by atoms with Gasteiger partial charge in [-0.15, -0.1) is 0 Å². The van der Waals surface area contributed by atoms with Crippen molar-refractivity contribution in [2.45, 2.75) is 13.1 Å². The van der Waals surface area contributed by atoms with Crippen LogP contribution in [0.1, 0.15) is 5.56 Å². The maximum Gasteiger partial charge on any atom is 0.422 e. The lowest BCUT2D eigenvalue weighted by Gasteiger charge is -2.09. The minimum absolute atomic E-state index is 0.0137. The van der Waals surface area contributed by atoms with Gasteiger partial charge in [0.15, 0.2) is 6.61 Å². The molecule has 2 nitrogen and oxygen atoms in total. The van der Waals surface area contributed by atoms with Crippen LogP contribution in [0.25, 0.3) is 0 Å². The molecule has 0 saturated carbocycles. The highest BCUT2D eigenvalue weighted by Crippen LogP contribution is 2.23. The molecule has 14 heavy (non-hydrogen) atoms. The van der Waals surface area contributed by atoms with Gasteiger partial charge in [0, 0.05) is 6.07 Å². The monoisotopic (exact) mass is 206 g/mol. The number of phenols is 1. The van der Waals surface area contributed by atoms with Crippen LogP contribution in [-0.2, 0) is 0 Å². The van der Waals surface area contributed by atoms with Crippen LogP contribution < -0.4 is 4.74 Å². The highest BCUT2D eigenvalue weighted by Gasteiger charge is 2.28. The van der Waals surface area contributed by atoms with E-state index in [1.807, 2.05) is 0 Å². The van der Waals surface area contributed by atoms with Crippen molar-refractivity contribution in [2.75, 3.05) is 6.61 Å². The third-order valence-electron chi connectivity index (χ3n) is 1.44. The molecule has 0 amide bonds. The van der Waals surface area contributed by atoms with Crippen LogP contribution in [0.5, 0.6) is 11.5 Å². The molecule has 0 aliphatic rings. The van der Waals surface area contributed by atoms with Crippen molar-refractivity contribution in [1.29, 1.82) is 0 Å². The fourth-order valence-electron chi connectivity index (χ4n) is 0.977. The van der Waals surface area contributed by atoms with Gasteiger partial charge < -0.3 is 9.84 Å². The molecule has 0 saturated heterocycles. The quantitative estimate of drug-likeness (QED) is 0.805. The van der Waals surface area contributed by atoms with Gasteiger partial charge in [-0.05, 0) is 24.6 Å². The molecule has 1 N–H and O–H groups in total. The minimum atomic E-state index is -4.36. The molecule has 0 atom stereocenters. The van der Waals surface area contributed by atoms with Crippen molar-refractivity contribution in [1.82, 2.24) is 0 Å². The van der Waals surface area contributed by atoms with E-state index in [0.29, 0.717) is 5.56 Å². The SMILES string of the molecule is Cc1cc(O)cc(OCC(F)(F)F)c1. The van der Waals surface area contributed by atoms with E-state index < -0.39 is 12.8 Å². The second-order valence-electron chi connectivity index (χ2n) is 2.91. The van der Waals surface area contributed by atoms with E-state index >= 15 is 0 Å². The molecule has 1 aromatic rings. The lowest BCUT2D eigenvalue weighted by Crippen LogP contribution is -2.19. The molecule has 0 fully saturated rings. The van der Waals surface area contributed by atoms with Crippen molar-refractivity contribution >= 4 is 0 Å². The summed E-state index contributed by atoms with van der Waals surface area (Å²) in [7, 11) is 0. The first-order valence-electron chi connectivity index (χ1n) is 3.87. The zero-order valence-electron chi connectivity index (χ0n) is 7.43. The summed E-state index contributed by atoms with van der Waals surface area (Å²) in [5.74, 6) is -0.0954. The summed E-state index contributed by atoms with van der Waals surface area (Å²) in [6.07, 6.45) is -4.36. The molecule has 0 heterocycles. The number of halogens is 3. The number of alkyl halides is 3. The van der Waals surface area contributed by atoms with Crippen LogP contribution in [0.2, 0.25) is 0 Å². The summed E-state index contributed by atoms with van der Waals surface area (Å²) < 4.78 is 39.7. The highest BCUT2D eigenvalue weighted by atomic mass is 19.4. The number of benzene rings is 1. The number of aromatic hydroxyl groups is 1. The molecule has 1 aromatic carbocycles. The van der Waals surface area contributed by atoms with Crippen LogP contribution >= 0.6 is 0 Å². The highest BCUT2D eigenvalue weighted by molar-refractivity contribution is 5.36. The summed E-state index contributed by atoms with van der Waals surface area (Å²) >= 11 is 0. The lowest BCUT2D eigenvalue weighted by atomic mass is 10.2. The van der Waals surface area contributed by atoms with Crippen LogP contribution in [0.15, 0.2) is 18.2 Å². The Bertz CT molecular complexity index is 300. The van der Waals surface area contributed by atoms with Gasteiger partial charge in [0.25, 0.3) is 0 Å². The normalized spacial score (nSPS) is 11.4. The molecule has 78 valence electrons. The van der Waals surface area contributed by atoms with Crippen LogP contribution in [0.4, 0.5) is 13.2 Å². The fourth-order valence-corrected chi connectivity index (χ4v) is 0.977. The van der Waals surface area contributed by atoms with Gasteiger partial charge in [-0.3, -0.25) is 0 Å². The molecule has 0 spiro atoms. The third-order valence-corrected chi connectivity index (χ3v) is 1.44. The molecular weight excluding hydrogens is 197 g/mol. The molecule has 5 heteroatoms. The van der Waals surface area contributed by atoms with E-state index in [1.165, 1.54) is 12.1 Å². The zero-order valence-corrected chi connectivity index (χ0v) is 7.43. The number of aryl methyl sites for hydroxylation is 1. The maximum absolute atomic E-state index is 11.8. The summed E-state index contributed by atoms with van der Waals surface area (Å²) in [6.45, 7) is 0.302. The topological polar surface area (TPSA) is 29.5 Å². The molecule has 0 bridgehead atoms. The third kappa shape index (κ3) is 3.55. The van der Waals surface area contributed by atoms with E-state index in [4.69, 9.17) is 5.11 Å². The Morgan fingerprint density at radius 1 is 1.29 bits per heavy atom. The summed E-state index contributed by atoms with van der Waals surface area (Å²) in [6, 6.07) is 3.99. The van der Waals surface area contributed by atoms with Crippen molar-refractivity contribution in [3.63, 3.8) is 0 Å². The first-order valence-corrected chi connectivity index (χ1v) is 3.87. The second-order valence-corrected chi connectivity index (χ2v) is 2.91. The Morgan fingerprint density at radius 2 is 1.93 bits per heavy atom. The van der Waals surface area contributed by atoms with Gasteiger partial charge in [-0.1, -0.05) is 0 Å². The molecule has 0 aliphatic heterocycles. The number of rotatable bonds is 2. The van der Waals surface area contributed by atoms with E-state index in [9.17, 15) is 13.2 Å². The van der Waals surface area contributed by atoms with E-state index in [2.05, 4.69) is 4.74 Å².